The van der Waals surface area contributed by atoms with E-state index in [1.54, 1.807) is 55.6 Å². The van der Waals surface area contributed by atoms with Gasteiger partial charge in [0.1, 0.15) is 18.4 Å². The van der Waals surface area contributed by atoms with Gasteiger partial charge >= 0.3 is 0 Å². The van der Waals surface area contributed by atoms with Crippen LogP contribution in [0.25, 0.3) is 0 Å². The number of Topliss-reactive ketones (excluding diaryl/α,β-unsaturated/α-hetero) is 1. The molecule has 156 valence electrons. The smallest absolute Gasteiger partial charge is 0.294 e. The maximum Gasteiger partial charge on any atom is 0.294 e. The van der Waals surface area contributed by atoms with Crippen LogP contribution in [0.15, 0.2) is 90.3 Å². The second-order valence-electron chi connectivity index (χ2n) is 7.14. The molecule has 1 N–H and O–H groups in total. The summed E-state index contributed by atoms with van der Waals surface area (Å²) in [6, 6.07) is 21.3. The molecular weight excluding hydrogens is 392 g/mol. The lowest BCUT2D eigenvalue weighted by molar-refractivity contribution is -0.118. The van der Waals surface area contributed by atoms with Crippen LogP contribution in [-0.2, 0) is 16.2 Å². The van der Waals surface area contributed by atoms with Gasteiger partial charge in [0.05, 0.1) is 11.3 Å². The fourth-order valence-electron chi connectivity index (χ4n) is 3.61. The average molecular weight is 414 g/mol. The number of amides is 1. The molecule has 1 amide bonds. The van der Waals surface area contributed by atoms with Crippen LogP contribution in [0.2, 0.25) is 0 Å². The Hall–Kier alpha value is -3.93. The Morgan fingerprint density at radius 1 is 1.03 bits per heavy atom. The Morgan fingerprint density at radius 2 is 1.74 bits per heavy atom. The molecule has 31 heavy (non-hydrogen) atoms. The number of aromatic nitrogens is 1. The maximum atomic E-state index is 12.9. The van der Waals surface area contributed by atoms with Gasteiger partial charge in [0.2, 0.25) is 0 Å². The van der Waals surface area contributed by atoms with Gasteiger partial charge in [0.15, 0.2) is 11.5 Å². The summed E-state index contributed by atoms with van der Waals surface area (Å²) in [7, 11) is 0. The molecule has 0 bridgehead atoms. The van der Waals surface area contributed by atoms with Crippen LogP contribution in [0.1, 0.15) is 30.6 Å². The van der Waals surface area contributed by atoms with Crippen molar-refractivity contribution in [1.82, 2.24) is 4.98 Å². The number of ether oxygens (including phenoxy) is 1. The van der Waals surface area contributed by atoms with E-state index in [1.807, 2.05) is 30.3 Å². The van der Waals surface area contributed by atoms with E-state index >= 15 is 0 Å². The monoisotopic (exact) mass is 414 g/mol. The lowest BCUT2D eigenvalue weighted by atomic mass is 9.98. The Kier molecular flexibility index (Phi) is 5.80. The molecule has 0 spiro atoms. The second kappa shape index (κ2) is 8.83. The Morgan fingerprint density at radius 3 is 2.39 bits per heavy atom. The summed E-state index contributed by atoms with van der Waals surface area (Å²) < 4.78 is 5.82. The predicted octanol–water partition coefficient (Wildman–Crippen LogP) is 4.54. The summed E-state index contributed by atoms with van der Waals surface area (Å²) in [5, 5.41) is 10.5. The van der Waals surface area contributed by atoms with Gasteiger partial charge in [-0.25, -0.2) is 0 Å². The first-order valence-corrected chi connectivity index (χ1v) is 10.1. The number of benzene rings is 2. The molecule has 1 aliphatic rings. The molecule has 6 nitrogen and oxygen atoms in total. The van der Waals surface area contributed by atoms with E-state index in [4.69, 9.17) is 4.74 Å². The molecule has 0 saturated carbocycles. The summed E-state index contributed by atoms with van der Waals surface area (Å²) in [4.78, 5) is 31.2. The highest BCUT2D eigenvalue weighted by Gasteiger charge is 2.44. The fourth-order valence-corrected chi connectivity index (χ4v) is 3.61. The van der Waals surface area contributed by atoms with Gasteiger partial charge in [-0.15, -0.1) is 0 Å². The summed E-state index contributed by atoms with van der Waals surface area (Å²) in [5.41, 5.74) is 2.18. The van der Waals surface area contributed by atoms with E-state index in [9.17, 15) is 14.7 Å². The minimum Gasteiger partial charge on any atom is -0.503 e. The first kappa shape index (κ1) is 20.3. The highest BCUT2D eigenvalue weighted by atomic mass is 16.5. The van der Waals surface area contributed by atoms with Gasteiger partial charge < -0.3 is 9.84 Å². The molecule has 0 radical (unpaired) electrons. The van der Waals surface area contributed by atoms with Gasteiger partial charge in [0, 0.05) is 18.3 Å². The Balaban J connectivity index is 1.62. The molecule has 1 unspecified atom stereocenters. The standard InChI is InChI=1S/C25H22N2O4/c1-2-21(28)22-23(20-10-6-7-15-26-20)27(25(30)24(22)29)18-11-13-19(14-12-18)31-16-17-8-4-3-5-9-17/h3-15,23,29H,2,16H2,1H3. The zero-order valence-corrected chi connectivity index (χ0v) is 17.1. The Labute approximate surface area is 180 Å². The molecule has 3 aromatic rings. The summed E-state index contributed by atoms with van der Waals surface area (Å²) in [6.45, 7) is 2.13. The van der Waals surface area contributed by atoms with Crippen molar-refractivity contribution in [2.75, 3.05) is 4.90 Å². The molecule has 1 aromatic heterocycles. The van der Waals surface area contributed by atoms with Gasteiger partial charge in [-0.2, -0.15) is 0 Å². The van der Waals surface area contributed by atoms with Gasteiger partial charge in [-0.1, -0.05) is 43.3 Å². The van der Waals surface area contributed by atoms with E-state index in [2.05, 4.69) is 4.98 Å². The molecule has 4 rings (SSSR count). The number of ketones is 1. The topological polar surface area (TPSA) is 79.7 Å². The van der Waals surface area contributed by atoms with Crippen LogP contribution in [-0.4, -0.2) is 21.8 Å². The largest absolute Gasteiger partial charge is 0.503 e. The third-order valence-corrected chi connectivity index (χ3v) is 5.16. The second-order valence-corrected chi connectivity index (χ2v) is 7.14. The fraction of sp³-hybridized carbons (Fsp3) is 0.160. The molecular formula is C25H22N2O4. The minimum absolute atomic E-state index is 0.0793. The van der Waals surface area contributed by atoms with Gasteiger partial charge in [-0.05, 0) is 42.0 Å². The summed E-state index contributed by atoms with van der Waals surface area (Å²) in [6.07, 6.45) is 1.78. The first-order chi connectivity index (χ1) is 15.1. The quantitative estimate of drug-likeness (QED) is 0.614. The number of aliphatic hydroxyl groups is 1. The van der Waals surface area contributed by atoms with E-state index in [0.29, 0.717) is 23.7 Å². The molecule has 6 heteroatoms. The van der Waals surface area contributed by atoms with Crippen LogP contribution in [0.4, 0.5) is 5.69 Å². The maximum absolute atomic E-state index is 12.9. The number of hydrogen-bond donors (Lipinski definition) is 1. The Bertz CT molecular complexity index is 1110. The van der Waals surface area contributed by atoms with E-state index in [-0.39, 0.29) is 17.8 Å². The minimum atomic E-state index is -0.780. The third kappa shape index (κ3) is 4.05. The molecule has 2 aromatic carbocycles. The lowest BCUT2D eigenvalue weighted by Crippen LogP contribution is -2.31. The number of carbonyl (C=O) groups is 2. The van der Waals surface area contributed by atoms with Gasteiger partial charge in [-0.3, -0.25) is 19.5 Å². The number of anilines is 1. The van der Waals surface area contributed by atoms with E-state index < -0.39 is 17.7 Å². The zero-order chi connectivity index (χ0) is 21.8. The predicted molar refractivity (Wildman–Crippen MR) is 117 cm³/mol. The SMILES string of the molecule is CCC(=O)C1=C(O)C(=O)N(c2ccc(OCc3ccccc3)cc2)C1c1ccccn1. The van der Waals surface area contributed by atoms with Crippen LogP contribution in [0.3, 0.4) is 0 Å². The van der Waals surface area contributed by atoms with Crippen molar-refractivity contribution < 1.29 is 19.4 Å². The molecule has 0 fully saturated rings. The van der Waals surface area contributed by atoms with Crippen molar-refractivity contribution in [3.05, 3.63) is 102 Å². The van der Waals surface area contributed by atoms with Crippen molar-refractivity contribution in [3.8, 4) is 5.75 Å². The van der Waals surface area contributed by atoms with E-state index in [0.717, 1.165) is 5.56 Å². The van der Waals surface area contributed by atoms with Crippen molar-refractivity contribution in [2.24, 2.45) is 0 Å². The normalized spacial score (nSPS) is 16.0. The number of hydrogen-bond acceptors (Lipinski definition) is 5. The van der Waals surface area contributed by atoms with E-state index in [1.165, 1.54) is 4.90 Å². The van der Waals surface area contributed by atoms with Gasteiger partial charge in [0.25, 0.3) is 5.91 Å². The number of aliphatic hydroxyl groups excluding tert-OH is 1. The van der Waals surface area contributed by atoms with Crippen LogP contribution in [0.5, 0.6) is 5.75 Å². The molecule has 2 heterocycles. The highest BCUT2D eigenvalue weighted by molar-refractivity contribution is 6.16. The highest BCUT2D eigenvalue weighted by Crippen LogP contribution is 2.40. The summed E-state index contributed by atoms with van der Waals surface area (Å²) in [5.74, 6) is -0.778. The average Bonchev–Trinajstić information content (AvgIpc) is 3.09. The molecule has 1 atom stereocenters. The van der Waals surface area contributed by atoms with Crippen LogP contribution in [0, 0.1) is 0 Å². The van der Waals surface area contributed by atoms with Crippen LogP contribution >= 0.6 is 0 Å². The zero-order valence-electron chi connectivity index (χ0n) is 17.1. The van der Waals surface area contributed by atoms with Crippen LogP contribution < -0.4 is 9.64 Å². The van der Waals surface area contributed by atoms with Crippen molar-refractivity contribution >= 4 is 17.4 Å². The summed E-state index contributed by atoms with van der Waals surface area (Å²) >= 11 is 0. The molecule has 0 aliphatic carbocycles. The van der Waals surface area contributed by atoms with Crippen molar-refractivity contribution in [3.63, 3.8) is 0 Å². The number of nitrogens with zero attached hydrogens (tertiary/aromatic N) is 2. The first-order valence-electron chi connectivity index (χ1n) is 10.1. The molecule has 1 aliphatic heterocycles. The van der Waals surface area contributed by atoms with Crippen molar-refractivity contribution in [2.45, 2.75) is 26.0 Å². The van der Waals surface area contributed by atoms with Crippen molar-refractivity contribution in [1.29, 1.82) is 0 Å². The third-order valence-electron chi connectivity index (χ3n) is 5.16. The lowest BCUT2D eigenvalue weighted by Gasteiger charge is -2.26. The number of pyridine rings is 1. The number of rotatable bonds is 7. The number of carbonyl (C=O) groups excluding carboxylic acids is 2. The molecule has 0 saturated heterocycles.